The van der Waals surface area contributed by atoms with Gasteiger partial charge in [-0.05, 0) is 5.57 Å². The number of allylic oxidation sites excluding steroid dienone is 1. The van der Waals surface area contributed by atoms with Crippen LogP contribution >= 0.6 is 23.1 Å². The molecule has 0 saturated carbocycles. The number of fused-ring (bicyclic) bond motifs is 1. The monoisotopic (exact) mass is 551 g/mol. The van der Waals surface area contributed by atoms with Crippen LogP contribution in [0.4, 0.5) is 5.13 Å². The average Bonchev–Trinajstić information content (AvgIpc) is 3.17. The van der Waals surface area contributed by atoms with Crippen molar-refractivity contribution in [1.82, 2.24) is 15.2 Å². The van der Waals surface area contributed by atoms with Gasteiger partial charge < -0.3 is 26.1 Å². The third kappa shape index (κ3) is 7.23. The molecule has 1 fully saturated rings. The van der Waals surface area contributed by atoms with Gasteiger partial charge in [0.05, 0.1) is 0 Å². The normalized spacial score (nSPS) is 19.5. The summed E-state index contributed by atoms with van der Waals surface area (Å²) in [5, 5.41) is 25.0. The number of hydrogen-bond acceptors (Lipinski definition) is 12. The maximum atomic E-state index is 12.7. The molecule has 1 aromatic heterocycles. The molecule has 2 aliphatic heterocycles. The van der Waals surface area contributed by atoms with Crippen LogP contribution in [-0.4, -0.2) is 90.9 Å². The quantitative estimate of drug-likeness (QED) is 0.0960. The van der Waals surface area contributed by atoms with E-state index in [9.17, 15) is 24.3 Å². The largest absolute Gasteiger partial charge is 0.479 e. The maximum Gasteiger partial charge on any atom is 0.394 e. The van der Waals surface area contributed by atoms with Crippen LogP contribution in [0, 0.1) is 0 Å². The number of nitrogens with two attached hydrogens (primary N) is 1. The van der Waals surface area contributed by atoms with E-state index in [1.807, 2.05) is 0 Å². The first-order chi connectivity index (χ1) is 16.2. The molecule has 1 aromatic rings. The van der Waals surface area contributed by atoms with Crippen molar-refractivity contribution in [3.8, 4) is 0 Å². The van der Waals surface area contributed by atoms with Gasteiger partial charge in [-0.2, -0.15) is 8.42 Å². The number of rotatable bonds is 8. The Morgan fingerprint density at radius 1 is 1.37 bits per heavy atom. The lowest BCUT2D eigenvalue weighted by Gasteiger charge is -2.49. The summed E-state index contributed by atoms with van der Waals surface area (Å²) >= 11 is 2.30. The SMILES string of the molecule is C=CC1=C(C(=O)O)N2C(=O)[C@@H](NC(=O)C(=NOCC(=O)O)c3csc(N)n3)[C@H]2SC1.O=S(=O)(O)O. The number of carbonyl (C=O) groups is 4. The average molecular weight is 552 g/mol. The van der Waals surface area contributed by atoms with Crippen LogP contribution in [0.5, 0.6) is 0 Å². The van der Waals surface area contributed by atoms with Crippen LogP contribution in [0.15, 0.2) is 34.5 Å². The topological polar surface area (TPSA) is 259 Å². The van der Waals surface area contributed by atoms with Crippen LogP contribution in [0.2, 0.25) is 0 Å². The van der Waals surface area contributed by atoms with Crippen molar-refractivity contribution in [2.24, 2.45) is 5.16 Å². The molecule has 0 radical (unpaired) electrons. The van der Waals surface area contributed by atoms with Crippen molar-refractivity contribution in [2.45, 2.75) is 11.4 Å². The lowest BCUT2D eigenvalue weighted by atomic mass is 10.0. The zero-order valence-corrected chi connectivity index (χ0v) is 19.7. The highest BCUT2D eigenvalue weighted by molar-refractivity contribution is 8.00. The summed E-state index contributed by atoms with van der Waals surface area (Å²) in [5.74, 6) is -3.72. The number of nitrogen functional groups attached to an aromatic ring is 1. The summed E-state index contributed by atoms with van der Waals surface area (Å²) in [4.78, 5) is 57.1. The van der Waals surface area contributed by atoms with Crippen molar-refractivity contribution in [3.05, 3.63) is 35.0 Å². The molecule has 35 heavy (non-hydrogen) atoms. The molecular formula is C16H17N5O11S3. The molecule has 0 unspecified atom stereocenters. The van der Waals surface area contributed by atoms with Gasteiger partial charge in [-0.25, -0.2) is 14.6 Å². The lowest BCUT2D eigenvalue weighted by molar-refractivity contribution is -0.150. The smallest absolute Gasteiger partial charge is 0.394 e. The fourth-order valence-electron chi connectivity index (χ4n) is 2.76. The summed E-state index contributed by atoms with van der Waals surface area (Å²) in [6, 6.07) is -1.01. The standard InChI is InChI=1S/C16H15N5O7S2.H2O4S/c1-2-6-4-29-14-10(13(25)21(14)11(6)15(26)27)19-12(24)9(20-28-3-8(22)23)7-5-30-16(17)18-7;1-5(2,3)4/h2,5,10,14H,1,3-4H2,(H2,17,18)(H,19,24)(H,22,23)(H,26,27);(H2,1,2,3,4)/t10-,14-;/m1./s1. The van der Waals surface area contributed by atoms with E-state index in [2.05, 4.69) is 26.9 Å². The van der Waals surface area contributed by atoms with Gasteiger partial charge in [-0.1, -0.05) is 17.8 Å². The number of aliphatic carboxylic acids is 2. The van der Waals surface area contributed by atoms with Gasteiger partial charge in [0.15, 0.2) is 10.8 Å². The Labute approximate surface area is 204 Å². The van der Waals surface area contributed by atoms with Crippen LogP contribution in [0.3, 0.4) is 0 Å². The van der Waals surface area contributed by atoms with E-state index in [0.717, 1.165) is 16.2 Å². The number of anilines is 1. The number of thioether (sulfide) groups is 1. The predicted molar refractivity (Wildman–Crippen MR) is 121 cm³/mol. The van der Waals surface area contributed by atoms with Gasteiger partial charge in [0.1, 0.15) is 22.8 Å². The summed E-state index contributed by atoms with van der Waals surface area (Å²) in [6.07, 6.45) is 1.38. The number of hydrogen-bond donors (Lipinski definition) is 6. The molecule has 0 bridgehead atoms. The highest BCUT2D eigenvalue weighted by Crippen LogP contribution is 2.40. The van der Waals surface area contributed by atoms with E-state index >= 15 is 0 Å². The van der Waals surface area contributed by atoms with E-state index in [4.69, 9.17) is 28.4 Å². The van der Waals surface area contributed by atoms with E-state index in [-0.39, 0.29) is 22.2 Å². The second kappa shape index (κ2) is 11.3. The minimum absolute atomic E-state index is 0.0420. The van der Waals surface area contributed by atoms with Crippen molar-refractivity contribution in [1.29, 1.82) is 0 Å². The fourth-order valence-corrected chi connectivity index (χ4v) is 4.65. The van der Waals surface area contributed by atoms with Gasteiger partial charge in [0, 0.05) is 11.1 Å². The first-order valence-corrected chi connectivity index (χ1v) is 12.2. The van der Waals surface area contributed by atoms with Crippen LogP contribution in [0.1, 0.15) is 5.69 Å². The van der Waals surface area contributed by atoms with Gasteiger partial charge >= 0.3 is 22.3 Å². The summed E-state index contributed by atoms with van der Waals surface area (Å²) in [7, 11) is -4.67. The van der Waals surface area contributed by atoms with Crippen LogP contribution in [-0.2, 0) is 34.4 Å². The number of nitrogens with one attached hydrogen (secondary N) is 1. The third-order valence-electron chi connectivity index (χ3n) is 4.06. The number of oxime groups is 1. The number of aromatic nitrogens is 1. The number of carbonyl (C=O) groups excluding carboxylic acids is 2. The molecule has 19 heteroatoms. The Kier molecular flexibility index (Phi) is 8.93. The number of β-lactam (4-membered cyclic amide) rings is 1. The number of amides is 2. The molecule has 0 aromatic carbocycles. The first kappa shape index (κ1) is 27.7. The zero-order valence-electron chi connectivity index (χ0n) is 17.2. The number of carboxylic acid groups (broad SMARTS) is 2. The van der Waals surface area contributed by atoms with Gasteiger partial charge in [-0.3, -0.25) is 23.6 Å². The Hall–Kier alpha value is -3.52. The number of nitrogens with zero attached hydrogens (tertiary/aromatic N) is 3. The number of carboxylic acids is 2. The van der Waals surface area contributed by atoms with Crippen molar-refractivity contribution in [2.75, 3.05) is 18.1 Å². The van der Waals surface area contributed by atoms with Crippen molar-refractivity contribution in [3.63, 3.8) is 0 Å². The predicted octanol–water partition coefficient (Wildman–Crippen LogP) is -1.20. The second-order valence-corrected chi connectivity index (χ2v) is 9.26. The maximum absolute atomic E-state index is 12.7. The minimum Gasteiger partial charge on any atom is -0.479 e. The lowest BCUT2D eigenvalue weighted by Crippen LogP contribution is -2.71. The van der Waals surface area contributed by atoms with E-state index in [1.165, 1.54) is 23.2 Å². The molecule has 190 valence electrons. The third-order valence-corrected chi connectivity index (χ3v) is 6.03. The molecule has 3 heterocycles. The highest BCUT2D eigenvalue weighted by atomic mass is 32.3. The molecule has 7 N–H and O–H groups in total. The van der Waals surface area contributed by atoms with Crippen molar-refractivity contribution >= 4 is 68.1 Å². The molecular weight excluding hydrogens is 534 g/mol. The molecule has 3 rings (SSSR count). The molecule has 16 nitrogen and oxygen atoms in total. The molecule has 2 aliphatic rings. The molecule has 1 saturated heterocycles. The fraction of sp³-hybridized carbons (Fsp3) is 0.250. The van der Waals surface area contributed by atoms with Gasteiger partial charge in [0.25, 0.3) is 11.8 Å². The van der Waals surface area contributed by atoms with Crippen LogP contribution in [0.25, 0.3) is 0 Å². The van der Waals surface area contributed by atoms with Crippen LogP contribution < -0.4 is 11.1 Å². The summed E-state index contributed by atoms with van der Waals surface area (Å²) in [5.41, 5.74) is 5.48. The van der Waals surface area contributed by atoms with E-state index in [1.54, 1.807) is 0 Å². The molecule has 0 spiro atoms. The molecule has 2 atom stereocenters. The number of thiazole rings is 1. The Balaban J connectivity index is 0.000000784. The van der Waals surface area contributed by atoms with Crippen molar-refractivity contribution < 1.29 is 51.8 Å². The highest BCUT2D eigenvalue weighted by Gasteiger charge is 2.54. The second-order valence-electron chi connectivity index (χ2n) is 6.37. The zero-order chi connectivity index (χ0) is 26.5. The van der Waals surface area contributed by atoms with E-state index in [0.29, 0.717) is 11.3 Å². The Bertz CT molecular complexity index is 1220. The molecule has 2 amide bonds. The summed E-state index contributed by atoms with van der Waals surface area (Å²) < 4.78 is 31.6. The van der Waals surface area contributed by atoms with Gasteiger partial charge in [0.2, 0.25) is 6.61 Å². The Morgan fingerprint density at radius 3 is 2.49 bits per heavy atom. The molecule has 0 aliphatic carbocycles. The summed E-state index contributed by atoms with van der Waals surface area (Å²) in [6.45, 7) is 2.77. The van der Waals surface area contributed by atoms with Gasteiger partial charge in [-0.15, -0.1) is 23.1 Å². The Morgan fingerprint density at radius 2 is 2.00 bits per heavy atom. The first-order valence-electron chi connectivity index (χ1n) is 8.92. The minimum atomic E-state index is -4.67. The van der Waals surface area contributed by atoms with E-state index < -0.39 is 52.2 Å².